The molecule has 0 fully saturated rings. The number of amides is 1. The first kappa shape index (κ1) is 14.7. The van der Waals surface area contributed by atoms with E-state index in [-0.39, 0.29) is 5.91 Å². The molecule has 0 unspecified atom stereocenters. The fourth-order valence-corrected chi connectivity index (χ4v) is 2.33. The van der Waals surface area contributed by atoms with E-state index in [0.717, 1.165) is 3.57 Å². The summed E-state index contributed by atoms with van der Waals surface area (Å²) in [6, 6.07) is 4.97. The van der Waals surface area contributed by atoms with Gasteiger partial charge in [0.25, 0.3) is 0 Å². The highest BCUT2D eigenvalue weighted by Gasteiger charge is 2.16. The number of hydrogen-bond acceptors (Lipinski definition) is 2. The highest BCUT2D eigenvalue weighted by atomic mass is 127. The van der Waals surface area contributed by atoms with E-state index in [1.165, 1.54) is 0 Å². The molecule has 3 N–H and O–H groups in total. The first-order chi connectivity index (χ1) is 7.90. The summed E-state index contributed by atoms with van der Waals surface area (Å²) in [6.45, 7) is 4.07. The summed E-state index contributed by atoms with van der Waals surface area (Å²) < 4.78 is 1.03. The fourth-order valence-electron chi connectivity index (χ4n) is 1.43. The molecule has 0 saturated carbocycles. The largest absolute Gasteiger partial charge is 0.323 e. The summed E-state index contributed by atoms with van der Waals surface area (Å²) in [7, 11) is 0. The van der Waals surface area contributed by atoms with Crippen LogP contribution in [0.15, 0.2) is 18.2 Å². The normalized spacial score (nSPS) is 12.6. The third-order valence-corrected chi connectivity index (χ3v) is 3.23. The Morgan fingerprint density at radius 1 is 1.53 bits per heavy atom. The van der Waals surface area contributed by atoms with Crippen molar-refractivity contribution in [2.45, 2.75) is 26.3 Å². The van der Waals surface area contributed by atoms with Gasteiger partial charge in [-0.3, -0.25) is 4.79 Å². The number of rotatable bonds is 4. The van der Waals surface area contributed by atoms with Crippen LogP contribution in [0.25, 0.3) is 0 Å². The van der Waals surface area contributed by atoms with Crippen LogP contribution in [0.4, 0.5) is 5.69 Å². The number of nitrogens with two attached hydrogens (primary N) is 1. The Labute approximate surface area is 120 Å². The summed E-state index contributed by atoms with van der Waals surface area (Å²) in [6.07, 6.45) is 0.661. The molecule has 1 amide bonds. The Hall–Kier alpha value is -0.330. The van der Waals surface area contributed by atoms with Crippen molar-refractivity contribution in [3.63, 3.8) is 0 Å². The van der Waals surface area contributed by atoms with Gasteiger partial charge >= 0.3 is 0 Å². The number of halogens is 2. The predicted octanol–water partition coefficient (Wildman–Crippen LogP) is 3.26. The van der Waals surface area contributed by atoms with E-state index in [0.29, 0.717) is 23.0 Å². The number of carbonyl (C=O) groups is 1. The first-order valence-corrected chi connectivity index (χ1v) is 6.87. The second-order valence-electron chi connectivity index (χ2n) is 4.35. The van der Waals surface area contributed by atoms with Gasteiger partial charge in [0.2, 0.25) is 5.91 Å². The van der Waals surface area contributed by atoms with Gasteiger partial charge < -0.3 is 11.1 Å². The molecule has 0 aliphatic heterocycles. The third kappa shape index (κ3) is 4.81. The van der Waals surface area contributed by atoms with E-state index in [1.54, 1.807) is 12.1 Å². The smallest absolute Gasteiger partial charge is 0.241 e. The Balaban J connectivity index is 2.67. The minimum atomic E-state index is -0.495. The zero-order valence-electron chi connectivity index (χ0n) is 9.84. The molecule has 1 aromatic carbocycles. The van der Waals surface area contributed by atoms with Crippen LogP contribution in [0.2, 0.25) is 5.02 Å². The summed E-state index contributed by atoms with van der Waals surface area (Å²) in [5, 5.41) is 3.27. The van der Waals surface area contributed by atoms with Crippen LogP contribution < -0.4 is 11.1 Å². The van der Waals surface area contributed by atoms with Gasteiger partial charge in [0.1, 0.15) is 0 Å². The lowest BCUT2D eigenvalue weighted by Crippen LogP contribution is -2.36. The summed E-state index contributed by atoms with van der Waals surface area (Å²) in [5.41, 5.74) is 6.40. The van der Waals surface area contributed by atoms with Gasteiger partial charge in [-0.05, 0) is 53.1 Å². The number of nitrogens with one attached hydrogen (secondary N) is 1. The van der Waals surface area contributed by atoms with Crippen molar-refractivity contribution in [3.8, 4) is 0 Å². The van der Waals surface area contributed by atoms with Crippen molar-refractivity contribution in [2.24, 2.45) is 11.7 Å². The van der Waals surface area contributed by atoms with Crippen molar-refractivity contribution < 1.29 is 4.79 Å². The molecule has 1 atom stereocenters. The average Bonchev–Trinajstić information content (AvgIpc) is 2.21. The molecule has 0 saturated heterocycles. The Morgan fingerprint density at radius 3 is 2.71 bits per heavy atom. The molecular weight excluding hydrogens is 351 g/mol. The average molecular weight is 367 g/mol. The van der Waals surface area contributed by atoms with Gasteiger partial charge in [-0.15, -0.1) is 0 Å². The van der Waals surface area contributed by atoms with E-state index in [4.69, 9.17) is 17.3 Å². The number of benzene rings is 1. The summed E-state index contributed by atoms with van der Waals surface area (Å²) in [5.74, 6) is 0.199. The Morgan fingerprint density at radius 2 is 2.18 bits per heavy atom. The van der Waals surface area contributed by atoms with E-state index in [1.807, 2.05) is 19.9 Å². The van der Waals surface area contributed by atoms with Crippen LogP contribution in [-0.4, -0.2) is 11.9 Å². The van der Waals surface area contributed by atoms with Crippen molar-refractivity contribution in [2.75, 3.05) is 5.32 Å². The SMILES string of the molecule is CC(C)C[C@@H](N)C(=O)Nc1ccc(I)cc1Cl. The van der Waals surface area contributed by atoms with E-state index in [9.17, 15) is 4.79 Å². The first-order valence-electron chi connectivity index (χ1n) is 5.41. The fraction of sp³-hybridized carbons (Fsp3) is 0.417. The van der Waals surface area contributed by atoms with Crippen LogP contribution >= 0.6 is 34.2 Å². The van der Waals surface area contributed by atoms with E-state index >= 15 is 0 Å². The number of hydrogen-bond donors (Lipinski definition) is 2. The second-order valence-corrected chi connectivity index (χ2v) is 6.00. The van der Waals surface area contributed by atoms with E-state index in [2.05, 4.69) is 27.9 Å². The van der Waals surface area contributed by atoms with Gasteiger partial charge in [-0.1, -0.05) is 25.4 Å². The number of anilines is 1. The minimum absolute atomic E-state index is 0.193. The molecule has 0 aliphatic carbocycles. The maximum absolute atomic E-state index is 11.8. The van der Waals surface area contributed by atoms with Gasteiger partial charge in [-0.25, -0.2) is 0 Å². The van der Waals surface area contributed by atoms with Crippen molar-refractivity contribution in [1.82, 2.24) is 0 Å². The predicted molar refractivity (Wildman–Crippen MR) is 80.2 cm³/mol. The molecule has 1 aromatic rings. The van der Waals surface area contributed by atoms with Gasteiger partial charge in [-0.2, -0.15) is 0 Å². The van der Waals surface area contributed by atoms with Gasteiger partial charge in [0.05, 0.1) is 16.8 Å². The molecule has 5 heteroatoms. The quantitative estimate of drug-likeness (QED) is 0.804. The highest BCUT2D eigenvalue weighted by molar-refractivity contribution is 14.1. The number of carbonyl (C=O) groups excluding carboxylic acids is 1. The topological polar surface area (TPSA) is 55.1 Å². The molecule has 3 nitrogen and oxygen atoms in total. The molecule has 0 bridgehead atoms. The van der Waals surface area contributed by atoms with Crippen LogP contribution in [0.5, 0.6) is 0 Å². The monoisotopic (exact) mass is 366 g/mol. The molecule has 17 heavy (non-hydrogen) atoms. The van der Waals surface area contributed by atoms with Gasteiger partial charge in [0.15, 0.2) is 0 Å². The third-order valence-electron chi connectivity index (χ3n) is 2.25. The maximum atomic E-state index is 11.8. The standard InChI is InChI=1S/C12H16ClIN2O/c1-7(2)5-10(15)12(17)16-11-4-3-8(14)6-9(11)13/h3-4,6-7,10H,5,15H2,1-2H3,(H,16,17)/t10-/m1/s1. The highest BCUT2D eigenvalue weighted by Crippen LogP contribution is 2.24. The van der Waals surface area contributed by atoms with Crippen LogP contribution in [0, 0.1) is 9.49 Å². The zero-order chi connectivity index (χ0) is 13.0. The summed E-state index contributed by atoms with van der Waals surface area (Å²) in [4.78, 5) is 11.8. The molecule has 0 spiro atoms. The Kier molecular flexibility index (Phi) is 5.69. The van der Waals surface area contributed by atoms with Crippen molar-refractivity contribution in [3.05, 3.63) is 26.8 Å². The molecule has 1 rings (SSSR count). The molecular formula is C12H16ClIN2O. The van der Waals surface area contributed by atoms with Crippen LogP contribution in [0.3, 0.4) is 0 Å². The molecule has 0 heterocycles. The second kappa shape index (κ2) is 6.56. The van der Waals surface area contributed by atoms with E-state index < -0.39 is 6.04 Å². The lowest BCUT2D eigenvalue weighted by atomic mass is 10.0. The molecule has 0 aromatic heterocycles. The molecule has 0 radical (unpaired) electrons. The maximum Gasteiger partial charge on any atom is 0.241 e. The summed E-state index contributed by atoms with van der Waals surface area (Å²) >= 11 is 8.19. The molecule has 0 aliphatic rings. The molecule has 94 valence electrons. The minimum Gasteiger partial charge on any atom is -0.323 e. The lowest BCUT2D eigenvalue weighted by molar-refractivity contribution is -0.117. The Bertz CT molecular complexity index is 409. The zero-order valence-corrected chi connectivity index (χ0v) is 12.7. The van der Waals surface area contributed by atoms with Crippen molar-refractivity contribution >= 4 is 45.8 Å². The van der Waals surface area contributed by atoms with Crippen LogP contribution in [-0.2, 0) is 4.79 Å². The lowest BCUT2D eigenvalue weighted by Gasteiger charge is -2.14. The van der Waals surface area contributed by atoms with Crippen LogP contribution in [0.1, 0.15) is 20.3 Å². The van der Waals surface area contributed by atoms with Gasteiger partial charge in [0, 0.05) is 3.57 Å². The van der Waals surface area contributed by atoms with Crippen molar-refractivity contribution in [1.29, 1.82) is 0 Å².